The number of imidazole rings is 1. The lowest BCUT2D eigenvalue weighted by molar-refractivity contribution is -0.137. The summed E-state index contributed by atoms with van der Waals surface area (Å²) in [5, 5.41) is 8.88. The number of alkyl halides is 3. The molecule has 5 nitrogen and oxygen atoms in total. The normalized spacial score (nSPS) is 18.7. The summed E-state index contributed by atoms with van der Waals surface area (Å²) in [7, 11) is 1.83. The van der Waals surface area contributed by atoms with E-state index in [4.69, 9.17) is 5.26 Å². The van der Waals surface area contributed by atoms with E-state index in [1.54, 1.807) is 4.90 Å². The number of fused-ring (bicyclic) bond motifs is 1. The van der Waals surface area contributed by atoms with Gasteiger partial charge in [-0.1, -0.05) is 0 Å². The van der Waals surface area contributed by atoms with Crippen LogP contribution in [-0.2, 0) is 6.18 Å². The molecule has 1 unspecified atom stereocenters. The highest BCUT2D eigenvalue weighted by molar-refractivity contribution is 5.78. The Morgan fingerprint density at radius 3 is 2.86 bits per heavy atom. The number of rotatable bonds is 2. The predicted molar refractivity (Wildman–Crippen MR) is 75.1 cm³/mol. The third kappa shape index (κ3) is 2.54. The summed E-state index contributed by atoms with van der Waals surface area (Å²) in [5.41, 5.74) is 0.145. The van der Waals surface area contributed by atoms with Crippen LogP contribution in [0.2, 0.25) is 0 Å². The van der Waals surface area contributed by atoms with Crippen molar-refractivity contribution in [2.75, 3.05) is 25.0 Å². The van der Waals surface area contributed by atoms with Crippen LogP contribution in [0.25, 0.3) is 11.0 Å². The molecule has 2 heterocycles. The van der Waals surface area contributed by atoms with Gasteiger partial charge in [-0.3, -0.25) is 0 Å². The fraction of sp³-hybridized carbons (Fsp3) is 0.429. The average molecular weight is 309 g/mol. The van der Waals surface area contributed by atoms with Gasteiger partial charge in [-0.15, -0.1) is 0 Å². The second kappa shape index (κ2) is 5.09. The summed E-state index contributed by atoms with van der Waals surface area (Å²) in [6.45, 7) is 1.28. The van der Waals surface area contributed by atoms with Gasteiger partial charge in [0, 0.05) is 20.1 Å². The van der Waals surface area contributed by atoms with Crippen molar-refractivity contribution in [3.05, 3.63) is 23.8 Å². The zero-order chi connectivity index (χ0) is 15.9. The Bertz CT molecular complexity index is 730. The molecule has 8 heteroatoms. The summed E-state index contributed by atoms with van der Waals surface area (Å²) in [4.78, 5) is 10.8. The van der Waals surface area contributed by atoms with Gasteiger partial charge in [0.05, 0.1) is 22.6 Å². The van der Waals surface area contributed by atoms with Gasteiger partial charge in [-0.2, -0.15) is 18.4 Å². The van der Waals surface area contributed by atoms with E-state index in [1.165, 1.54) is 6.07 Å². The molecule has 0 amide bonds. The highest BCUT2D eigenvalue weighted by Gasteiger charge is 2.31. The molecule has 1 aliphatic heterocycles. The van der Waals surface area contributed by atoms with Crippen LogP contribution in [0.5, 0.6) is 0 Å². The summed E-state index contributed by atoms with van der Waals surface area (Å²) in [5.74, 6) is 0.513. The van der Waals surface area contributed by atoms with E-state index in [0.29, 0.717) is 30.1 Å². The van der Waals surface area contributed by atoms with E-state index in [9.17, 15) is 13.2 Å². The van der Waals surface area contributed by atoms with Gasteiger partial charge < -0.3 is 14.8 Å². The molecule has 0 spiro atoms. The monoisotopic (exact) mass is 309 g/mol. The van der Waals surface area contributed by atoms with E-state index >= 15 is 0 Å². The van der Waals surface area contributed by atoms with Crippen LogP contribution >= 0.6 is 0 Å². The van der Waals surface area contributed by atoms with Gasteiger partial charge in [0.25, 0.3) is 0 Å². The maximum atomic E-state index is 12.7. The number of H-pyrrole nitrogens is 1. The molecular formula is C14H14F3N5. The van der Waals surface area contributed by atoms with Crippen LogP contribution < -0.4 is 4.90 Å². The number of nitrogens with one attached hydrogen (secondary N) is 1. The van der Waals surface area contributed by atoms with Gasteiger partial charge in [0.1, 0.15) is 0 Å². The minimum Gasteiger partial charge on any atom is -0.341 e. The number of aromatic nitrogens is 2. The Morgan fingerprint density at radius 2 is 2.23 bits per heavy atom. The number of anilines is 1. The maximum absolute atomic E-state index is 12.7. The molecule has 1 atom stereocenters. The molecule has 2 aromatic rings. The molecule has 0 radical (unpaired) electrons. The van der Waals surface area contributed by atoms with Crippen LogP contribution in [0.3, 0.4) is 0 Å². The molecule has 0 bridgehead atoms. The highest BCUT2D eigenvalue weighted by Crippen LogP contribution is 2.31. The second-order valence-corrected chi connectivity index (χ2v) is 5.39. The standard InChI is InChI=1S/C14H14F3N5/c1-21(10-4-5-22(7-10)8-18)13-19-11-3-2-9(14(15,16)17)6-12(11)20-13/h2-3,6,10H,4-5,7H2,1H3,(H,19,20). The molecule has 1 aromatic heterocycles. The largest absolute Gasteiger partial charge is 0.416 e. The molecule has 0 saturated carbocycles. The number of hydrogen-bond donors (Lipinski definition) is 1. The van der Waals surface area contributed by atoms with Crippen molar-refractivity contribution < 1.29 is 13.2 Å². The van der Waals surface area contributed by atoms with Gasteiger partial charge in [0.2, 0.25) is 5.95 Å². The van der Waals surface area contributed by atoms with E-state index in [-0.39, 0.29) is 6.04 Å². The second-order valence-electron chi connectivity index (χ2n) is 5.39. The van der Waals surface area contributed by atoms with Crippen LogP contribution in [0.15, 0.2) is 18.2 Å². The summed E-state index contributed by atoms with van der Waals surface area (Å²) in [6, 6.07) is 3.57. The van der Waals surface area contributed by atoms with Crippen molar-refractivity contribution in [2.24, 2.45) is 0 Å². The topological polar surface area (TPSA) is 59.0 Å². The first-order valence-corrected chi connectivity index (χ1v) is 6.83. The Balaban J connectivity index is 1.87. The number of aromatic amines is 1. The zero-order valence-electron chi connectivity index (χ0n) is 11.9. The third-order valence-electron chi connectivity index (χ3n) is 3.98. The molecule has 1 saturated heterocycles. The quantitative estimate of drug-likeness (QED) is 0.866. The minimum atomic E-state index is -4.37. The number of benzene rings is 1. The Hall–Kier alpha value is -2.43. The van der Waals surface area contributed by atoms with Crippen molar-refractivity contribution >= 4 is 17.0 Å². The lowest BCUT2D eigenvalue weighted by atomic mass is 10.2. The average Bonchev–Trinajstić information content (AvgIpc) is 3.11. The number of nitriles is 1. The van der Waals surface area contributed by atoms with E-state index in [0.717, 1.165) is 18.6 Å². The van der Waals surface area contributed by atoms with Crippen molar-refractivity contribution in [3.63, 3.8) is 0 Å². The Morgan fingerprint density at radius 1 is 1.45 bits per heavy atom. The van der Waals surface area contributed by atoms with Gasteiger partial charge >= 0.3 is 6.18 Å². The molecule has 1 fully saturated rings. The van der Waals surface area contributed by atoms with Crippen LogP contribution in [0.1, 0.15) is 12.0 Å². The van der Waals surface area contributed by atoms with Crippen molar-refractivity contribution in [1.82, 2.24) is 14.9 Å². The lowest BCUT2D eigenvalue weighted by Crippen LogP contribution is -2.34. The molecule has 22 heavy (non-hydrogen) atoms. The SMILES string of the molecule is CN(c1nc2ccc(C(F)(F)F)cc2[nH]1)C1CCN(C#N)C1. The van der Waals surface area contributed by atoms with Crippen LogP contribution in [0, 0.1) is 11.5 Å². The molecule has 1 N–H and O–H groups in total. The first kappa shape index (κ1) is 14.5. The van der Waals surface area contributed by atoms with Crippen molar-refractivity contribution in [1.29, 1.82) is 5.26 Å². The fourth-order valence-electron chi connectivity index (χ4n) is 2.66. The first-order chi connectivity index (χ1) is 10.4. The first-order valence-electron chi connectivity index (χ1n) is 6.83. The molecule has 1 aromatic carbocycles. The van der Waals surface area contributed by atoms with E-state index in [1.807, 2.05) is 11.9 Å². The lowest BCUT2D eigenvalue weighted by Gasteiger charge is -2.23. The third-order valence-corrected chi connectivity index (χ3v) is 3.98. The van der Waals surface area contributed by atoms with E-state index < -0.39 is 11.7 Å². The molecule has 116 valence electrons. The maximum Gasteiger partial charge on any atom is 0.416 e. The molecule has 0 aliphatic carbocycles. The van der Waals surface area contributed by atoms with Crippen LogP contribution in [0.4, 0.5) is 19.1 Å². The summed E-state index contributed by atoms with van der Waals surface area (Å²) < 4.78 is 38.2. The predicted octanol–water partition coefficient (Wildman–Crippen LogP) is 2.57. The van der Waals surface area contributed by atoms with Gasteiger partial charge in [-0.25, -0.2) is 4.98 Å². The Labute approximate surface area is 124 Å². The number of halogens is 3. The molecule has 3 rings (SSSR count). The minimum absolute atomic E-state index is 0.113. The highest BCUT2D eigenvalue weighted by atomic mass is 19.4. The molecular weight excluding hydrogens is 295 g/mol. The number of likely N-dealkylation sites (tertiary alicyclic amines) is 1. The number of nitrogens with zero attached hydrogens (tertiary/aromatic N) is 4. The van der Waals surface area contributed by atoms with Crippen molar-refractivity contribution in [2.45, 2.75) is 18.6 Å². The zero-order valence-corrected chi connectivity index (χ0v) is 11.9. The molecule has 1 aliphatic rings. The fourth-order valence-corrected chi connectivity index (χ4v) is 2.66. The van der Waals surface area contributed by atoms with Gasteiger partial charge in [-0.05, 0) is 24.6 Å². The van der Waals surface area contributed by atoms with Crippen molar-refractivity contribution in [3.8, 4) is 6.19 Å². The summed E-state index contributed by atoms with van der Waals surface area (Å²) >= 11 is 0. The van der Waals surface area contributed by atoms with Gasteiger partial charge in [0.15, 0.2) is 6.19 Å². The number of likely N-dealkylation sites (N-methyl/N-ethyl adjacent to an activating group) is 1. The Kier molecular flexibility index (Phi) is 3.35. The summed E-state index contributed by atoms with van der Waals surface area (Å²) in [6.07, 6.45) is -1.45. The van der Waals surface area contributed by atoms with E-state index in [2.05, 4.69) is 16.2 Å². The van der Waals surface area contributed by atoms with Crippen LogP contribution in [-0.4, -0.2) is 41.0 Å². The number of hydrogen-bond acceptors (Lipinski definition) is 4. The smallest absolute Gasteiger partial charge is 0.341 e.